The molecule has 0 spiro atoms. The normalized spacial score (nSPS) is 18.2. The van der Waals surface area contributed by atoms with E-state index in [1.54, 1.807) is 0 Å². The number of hydrogen-bond donors (Lipinski definition) is 1. The van der Waals surface area contributed by atoms with Gasteiger partial charge in [-0.1, -0.05) is 31.2 Å². The lowest BCUT2D eigenvalue weighted by Crippen LogP contribution is -2.24. The standard InChI is InChI=1S/C15H21NO2/c1-11(14(17)18-2)9-12-3-5-13(6-4-12)10-15(16)7-8-15/h3-6,11H,7-10,16H2,1-2H3. The number of carbonyl (C=O) groups excluding carboxylic acids is 1. The Hall–Kier alpha value is -1.35. The minimum Gasteiger partial charge on any atom is -0.469 e. The first-order chi connectivity index (χ1) is 8.52. The van der Waals surface area contributed by atoms with Gasteiger partial charge in [0.25, 0.3) is 0 Å². The van der Waals surface area contributed by atoms with Crippen molar-refractivity contribution in [3.8, 4) is 0 Å². The van der Waals surface area contributed by atoms with Crippen LogP contribution >= 0.6 is 0 Å². The van der Waals surface area contributed by atoms with Gasteiger partial charge in [0.1, 0.15) is 0 Å². The van der Waals surface area contributed by atoms with Crippen LogP contribution in [0, 0.1) is 5.92 Å². The smallest absolute Gasteiger partial charge is 0.308 e. The number of rotatable bonds is 5. The predicted octanol–water partition coefficient (Wildman–Crippen LogP) is 2.07. The molecule has 3 nitrogen and oxygen atoms in total. The molecule has 1 fully saturated rings. The maximum atomic E-state index is 11.3. The second-order valence-electron chi connectivity index (χ2n) is 5.48. The summed E-state index contributed by atoms with van der Waals surface area (Å²) in [5, 5.41) is 0. The third kappa shape index (κ3) is 3.33. The van der Waals surface area contributed by atoms with Gasteiger partial charge < -0.3 is 10.5 Å². The van der Waals surface area contributed by atoms with Gasteiger partial charge in [-0.15, -0.1) is 0 Å². The number of methoxy groups -OCH3 is 1. The lowest BCUT2D eigenvalue weighted by atomic mass is 9.98. The van der Waals surface area contributed by atoms with Crippen molar-refractivity contribution in [1.82, 2.24) is 0 Å². The molecular formula is C15H21NO2. The Morgan fingerprint density at radius 2 is 1.89 bits per heavy atom. The van der Waals surface area contributed by atoms with E-state index in [0.29, 0.717) is 0 Å². The molecule has 0 heterocycles. The van der Waals surface area contributed by atoms with Crippen LogP contribution in [0.4, 0.5) is 0 Å². The maximum Gasteiger partial charge on any atom is 0.308 e. The minimum absolute atomic E-state index is 0.0564. The fourth-order valence-electron chi connectivity index (χ4n) is 2.18. The van der Waals surface area contributed by atoms with E-state index in [1.165, 1.54) is 18.2 Å². The van der Waals surface area contributed by atoms with Crippen molar-refractivity contribution in [2.45, 2.75) is 38.1 Å². The van der Waals surface area contributed by atoms with Gasteiger partial charge in [-0.25, -0.2) is 0 Å². The molecule has 1 aromatic rings. The van der Waals surface area contributed by atoms with Crippen molar-refractivity contribution in [1.29, 1.82) is 0 Å². The van der Waals surface area contributed by atoms with Gasteiger partial charge in [0.15, 0.2) is 0 Å². The Morgan fingerprint density at radius 1 is 1.33 bits per heavy atom. The predicted molar refractivity (Wildman–Crippen MR) is 71.2 cm³/mol. The van der Waals surface area contributed by atoms with Gasteiger partial charge in [-0.05, 0) is 36.8 Å². The summed E-state index contributed by atoms with van der Waals surface area (Å²) in [5.74, 6) is -0.247. The molecule has 0 saturated heterocycles. The van der Waals surface area contributed by atoms with Crippen molar-refractivity contribution in [2.24, 2.45) is 11.7 Å². The number of nitrogens with two attached hydrogens (primary N) is 1. The molecule has 0 aliphatic heterocycles. The Labute approximate surface area is 108 Å². The number of ether oxygens (including phenoxy) is 1. The molecule has 1 aromatic carbocycles. The highest BCUT2D eigenvalue weighted by Gasteiger charge is 2.37. The lowest BCUT2D eigenvalue weighted by molar-refractivity contribution is -0.144. The number of benzene rings is 1. The summed E-state index contributed by atoms with van der Waals surface area (Å²) in [6, 6.07) is 8.40. The first kappa shape index (κ1) is 13.1. The van der Waals surface area contributed by atoms with E-state index in [-0.39, 0.29) is 17.4 Å². The highest BCUT2D eigenvalue weighted by Crippen LogP contribution is 2.35. The second-order valence-corrected chi connectivity index (χ2v) is 5.48. The molecule has 2 rings (SSSR count). The molecule has 1 aliphatic carbocycles. The molecule has 0 radical (unpaired) electrons. The van der Waals surface area contributed by atoms with Gasteiger partial charge in [0.2, 0.25) is 0 Å². The second kappa shape index (κ2) is 5.11. The van der Waals surface area contributed by atoms with Crippen LogP contribution in [0.15, 0.2) is 24.3 Å². The Morgan fingerprint density at radius 3 is 2.39 bits per heavy atom. The van der Waals surface area contributed by atoms with E-state index in [2.05, 4.69) is 24.3 Å². The zero-order valence-electron chi connectivity index (χ0n) is 11.1. The topological polar surface area (TPSA) is 52.3 Å². The average molecular weight is 247 g/mol. The van der Waals surface area contributed by atoms with Crippen LogP contribution in [0.3, 0.4) is 0 Å². The average Bonchev–Trinajstić information content (AvgIpc) is 3.08. The number of esters is 1. The number of carbonyl (C=O) groups is 1. The van der Waals surface area contributed by atoms with Crippen LogP contribution in [0.2, 0.25) is 0 Å². The minimum atomic E-state index is -0.155. The van der Waals surface area contributed by atoms with Gasteiger partial charge in [0.05, 0.1) is 13.0 Å². The molecule has 1 saturated carbocycles. The summed E-state index contributed by atoms with van der Waals surface area (Å²) in [4.78, 5) is 11.3. The molecule has 98 valence electrons. The summed E-state index contributed by atoms with van der Waals surface area (Å²) < 4.78 is 4.73. The van der Waals surface area contributed by atoms with Crippen LogP contribution < -0.4 is 5.73 Å². The van der Waals surface area contributed by atoms with Crippen LogP contribution in [-0.4, -0.2) is 18.6 Å². The molecule has 1 atom stereocenters. The van der Waals surface area contributed by atoms with Crippen molar-refractivity contribution in [2.75, 3.05) is 7.11 Å². The molecule has 1 unspecified atom stereocenters. The van der Waals surface area contributed by atoms with E-state index < -0.39 is 0 Å². The monoisotopic (exact) mass is 247 g/mol. The highest BCUT2D eigenvalue weighted by atomic mass is 16.5. The molecule has 3 heteroatoms. The molecule has 0 bridgehead atoms. The van der Waals surface area contributed by atoms with Crippen molar-refractivity contribution in [3.05, 3.63) is 35.4 Å². The van der Waals surface area contributed by atoms with E-state index in [1.807, 2.05) is 6.92 Å². The molecule has 1 aliphatic rings. The van der Waals surface area contributed by atoms with Gasteiger partial charge >= 0.3 is 5.97 Å². The Bertz CT molecular complexity index is 421. The molecule has 2 N–H and O–H groups in total. The largest absolute Gasteiger partial charge is 0.469 e. The number of hydrogen-bond acceptors (Lipinski definition) is 3. The first-order valence-corrected chi connectivity index (χ1v) is 6.47. The molecule has 0 aromatic heterocycles. The SMILES string of the molecule is COC(=O)C(C)Cc1ccc(CC2(N)CC2)cc1. The summed E-state index contributed by atoms with van der Waals surface area (Å²) >= 11 is 0. The summed E-state index contributed by atoms with van der Waals surface area (Å²) in [6.45, 7) is 1.89. The fourth-order valence-corrected chi connectivity index (χ4v) is 2.18. The molecular weight excluding hydrogens is 226 g/mol. The lowest BCUT2D eigenvalue weighted by Gasteiger charge is -2.11. The summed E-state index contributed by atoms with van der Waals surface area (Å²) in [6.07, 6.45) is 3.95. The first-order valence-electron chi connectivity index (χ1n) is 6.47. The van der Waals surface area contributed by atoms with E-state index in [9.17, 15) is 4.79 Å². The van der Waals surface area contributed by atoms with E-state index in [0.717, 1.165) is 25.7 Å². The molecule has 0 amide bonds. The van der Waals surface area contributed by atoms with Gasteiger partial charge in [-0.2, -0.15) is 0 Å². The van der Waals surface area contributed by atoms with Crippen LogP contribution in [0.1, 0.15) is 30.9 Å². The molecule has 18 heavy (non-hydrogen) atoms. The highest BCUT2D eigenvalue weighted by molar-refractivity contribution is 5.72. The third-order valence-corrected chi connectivity index (χ3v) is 3.62. The summed E-state index contributed by atoms with van der Waals surface area (Å²) in [7, 11) is 1.43. The maximum absolute atomic E-state index is 11.3. The van der Waals surface area contributed by atoms with E-state index >= 15 is 0 Å². The van der Waals surface area contributed by atoms with Crippen molar-refractivity contribution >= 4 is 5.97 Å². The van der Waals surface area contributed by atoms with Crippen molar-refractivity contribution in [3.63, 3.8) is 0 Å². The van der Waals surface area contributed by atoms with Crippen LogP contribution in [-0.2, 0) is 22.4 Å². The Kier molecular flexibility index (Phi) is 3.71. The third-order valence-electron chi connectivity index (χ3n) is 3.62. The zero-order valence-corrected chi connectivity index (χ0v) is 11.1. The summed E-state index contributed by atoms with van der Waals surface area (Å²) in [5.41, 5.74) is 8.60. The van der Waals surface area contributed by atoms with Crippen molar-refractivity contribution < 1.29 is 9.53 Å². The van der Waals surface area contributed by atoms with E-state index in [4.69, 9.17) is 10.5 Å². The fraction of sp³-hybridized carbons (Fsp3) is 0.533. The van der Waals surface area contributed by atoms with Gasteiger partial charge in [-0.3, -0.25) is 4.79 Å². The zero-order chi connectivity index (χ0) is 13.2. The van der Waals surface area contributed by atoms with Crippen LogP contribution in [0.5, 0.6) is 0 Å². The Balaban J connectivity index is 1.93. The van der Waals surface area contributed by atoms with Crippen LogP contribution in [0.25, 0.3) is 0 Å². The van der Waals surface area contributed by atoms with Gasteiger partial charge in [0, 0.05) is 5.54 Å². The quantitative estimate of drug-likeness (QED) is 0.810.